The minimum Gasteiger partial charge on any atom is -0.303 e. The van der Waals surface area contributed by atoms with Crippen molar-refractivity contribution in [3.63, 3.8) is 0 Å². The Balaban J connectivity index is 1.90. The number of Topliss-reactive ketones (excluding diaryl/α,β-unsaturated/α-hetero) is 1. The van der Waals surface area contributed by atoms with Crippen LogP contribution in [0.2, 0.25) is 0 Å². The molecule has 1 heterocycles. The molecule has 0 fully saturated rings. The Labute approximate surface area is 115 Å². The van der Waals surface area contributed by atoms with E-state index in [2.05, 4.69) is 5.32 Å². The summed E-state index contributed by atoms with van der Waals surface area (Å²) in [6, 6.07) is 10.6. The minimum absolute atomic E-state index is 0.447. The van der Waals surface area contributed by atoms with E-state index in [1.165, 1.54) is 6.07 Å². The van der Waals surface area contributed by atoms with E-state index < -0.39 is 29.0 Å². The molecule has 0 saturated carbocycles. The number of halogens is 2. The monoisotopic (exact) mass is 273 g/mol. The van der Waals surface area contributed by atoms with E-state index in [0.29, 0.717) is 13.0 Å². The van der Waals surface area contributed by atoms with Gasteiger partial charge in [-0.05, 0) is 29.7 Å². The van der Waals surface area contributed by atoms with Crippen molar-refractivity contribution in [2.24, 2.45) is 0 Å². The number of fused-ring (bicyclic) bond motifs is 1. The van der Waals surface area contributed by atoms with Crippen LogP contribution in [0.1, 0.15) is 21.5 Å². The largest absolute Gasteiger partial charge is 0.303 e. The lowest BCUT2D eigenvalue weighted by atomic mass is 9.91. The van der Waals surface area contributed by atoms with Crippen molar-refractivity contribution in [1.29, 1.82) is 0 Å². The van der Waals surface area contributed by atoms with Crippen LogP contribution in [-0.4, -0.2) is 11.8 Å². The topological polar surface area (TPSA) is 29.1 Å². The predicted molar refractivity (Wildman–Crippen MR) is 71.5 cm³/mol. The van der Waals surface area contributed by atoms with Crippen molar-refractivity contribution in [1.82, 2.24) is 5.32 Å². The van der Waals surface area contributed by atoms with Crippen molar-refractivity contribution in [2.75, 3.05) is 0 Å². The molecule has 3 rings (SSSR count). The first-order valence-corrected chi connectivity index (χ1v) is 6.45. The Bertz CT molecular complexity index is 649. The van der Waals surface area contributed by atoms with Gasteiger partial charge in [-0.15, -0.1) is 0 Å². The maximum Gasteiger partial charge on any atom is 0.185 e. The standard InChI is InChI=1S/C16H13F2NO/c17-12-6-3-7-13(18)15(12)16(20)14-8-10-4-1-2-5-11(10)9-19-14/h1-7,14,19H,8-9H2. The summed E-state index contributed by atoms with van der Waals surface area (Å²) in [5.41, 5.74) is 1.70. The van der Waals surface area contributed by atoms with Crippen LogP contribution >= 0.6 is 0 Å². The molecule has 0 bridgehead atoms. The van der Waals surface area contributed by atoms with Gasteiger partial charge in [0, 0.05) is 6.54 Å². The molecule has 2 nitrogen and oxygen atoms in total. The van der Waals surface area contributed by atoms with Crippen LogP contribution in [0.25, 0.3) is 0 Å². The molecule has 1 N–H and O–H groups in total. The van der Waals surface area contributed by atoms with E-state index in [4.69, 9.17) is 0 Å². The Hall–Kier alpha value is -2.07. The molecule has 0 radical (unpaired) electrons. The molecule has 0 aliphatic carbocycles. The van der Waals surface area contributed by atoms with E-state index in [0.717, 1.165) is 23.3 Å². The third-order valence-corrected chi connectivity index (χ3v) is 3.61. The highest BCUT2D eigenvalue weighted by atomic mass is 19.1. The highest BCUT2D eigenvalue weighted by Gasteiger charge is 2.28. The highest BCUT2D eigenvalue weighted by molar-refractivity contribution is 6.00. The molecule has 102 valence electrons. The quantitative estimate of drug-likeness (QED) is 0.852. The summed E-state index contributed by atoms with van der Waals surface area (Å²) in [7, 11) is 0. The molecule has 2 aromatic carbocycles. The highest BCUT2D eigenvalue weighted by Crippen LogP contribution is 2.21. The van der Waals surface area contributed by atoms with Crippen LogP contribution in [0.15, 0.2) is 42.5 Å². The number of nitrogens with one attached hydrogen (secondary N) is 1. The van der Waals surface area contributed by atoms with Crippen molar-refractivity contribution in [3.05, 3.63) is 70.8 Å². The van der Waals surface area contributed by atoms with Gasteiger partial charge >= 0.3 is 0 Å². The second-order valence-corrected chi connectivity index (χ2v) is 4.87. The molecule has 0 aromatic heterocycles. The summed E-state index contributed by atoms with van der Waals surface area (Å²) in [5.74, 6) is -2.15. The van der Waals surface area contributed by atoms with Gasteiger partial charge in [-0.1, -0.05) is 30.3 Å². The van der Waals surface area contributed by atoms with Gasteiger partial charge in [0.1, 0.15) is 11.6 Å². The van der Waals surface area contributed by atoms with Crippen LogP contribution in [0, 0.1) is 11.6 Å². The molecule has 4 heteroatoms. The fourth-order valence-corrected chi connectivity index (χ4v) is 2.55. The van der Waals surface area contributed by atoms with Crippen molar-refractivity contribution < 1.29 is 13.6 Å². The Kier molecular flexibility index (Phi) is 3.32. The second-order valence-electron chi connectivity index (χ2n) is 4.87. The number of benzene rings is 2. The van der Waals surface area contributed by atoms with E-state index in [1.807, 2.05) is 24.3 Å². The van der Waals surface area contributed by atoms with Gasteiger partial charge in [0.25, 0.3) is 0 Å². The van der Waals surface area contributed by atoms with Crippen LogP contribution in [-0.2, 0) is 13.0 Å². The maximum atomic E-state index is 13.7. The lowest BCUT2D eigenvalue weighted by Gasteiger charge is -2.25. The summed E-state index contributed by atoms with van der Waals surface area (Å²) in [4.78, 5) is 12.3. The maximum absolute atomic E-state index is 13.7. The Morgan fingerprint density at radius 3 is 2.35 bits per heavy atom. The molecule has 1 aliphatic rings. The number of hydrogen-bond acceptors (Lipinski definition) is 2. The van der Waals surface area contributed by atoms with E-state index in [9.17, 15) is 13.6 Å². The van der Waals surface area contributed by atoms with Gasteiger partial charge in [0.2, 0.25) is 0 Å². The van der Waals surface area contributed by atoms with Gasteiger partial charge in [-0.3, -0.25) is 4.79 Å². The second kappa shape index (κ2) is 5.13. The lowest BCUT2D eigenvalue weighted by molar-refractivity contribution is 0.0929. The van der Waals surface area contributed by atoms with Gasteiger partial charge in [0.15, 0.2) is 5.78 Å². The molecule has 1 unspecified atom stereocenters. The van der Waals surface area contributed by atoms with Gasteiger partial charge < -0.3 is 5.32 Å². The molecule has 1 atom stereocenters. The Morgan fingerprint density at radius 1 is 1.00 bits per heavy atom. The number of rotatable bonds is 2. The first kappa shape index (κ1) is 12.9. The zero-order valence-electron chi connectivity index (χ0n) is 10.7. The average Bonchev–Trinajstić information content (AvgIpc) is 2.46. The fraction of sp³-hybridized carbons (Fsp3) is 0.188. The molecular weight excluding hydrogens is 260 g/mol. The van der Waals surface area contributed by atoms with Crippen LogP contribution in [0.5, 0.6) is 0 Å². The smallest absolute Gasteiger partial charge is 0.185 e. The first-order valence-electron chi connectivity index (χ1n) is 6.45. The summed E-state index contributed by atoms with van der Waals surface area (Å²) in [6.07, 6.45) is 0.447. The number of hydrogen-bond donors (Lipinski definition) is 1. The Morgan fingerprint density at radius 2 is 1.65 bits per heavy atom. The number of ketones is 1. The number of carbonyl (C=O) groups excluding carboxylic acids is 1. The SMILES string of the molecule is O=C(c1c(F)cccc1F)C1Cc2ccccc2CN1. The van der Waals surface area contributed by atoms with Crippen LogP contribution < -0.4 is 5.32 Å². The normalized spacial score (nSPS) is 17.6. The average molecular weight is 273 g/mol. The molecule has 0 amide bonds. The van der Waals surface area contributed by atoms with Gasteiger partial charge in [0.05, 0.1) is 11.6 Å². The van der Waals surface area contributed by atoms with Gasteiger partial charge in [-0.2, -0.15) is 0 Å². The van der Waals surface area contributed by atoms with Crippen molar-refractivity contribution >= 4 is 5.78 Å². The van der Waals surface area contributed by atoms with Crippen molar-refractivity contribution in [3.8, 4) is 0 Å². The molecule has 20 heavy (non-hydrogen) atoms. The van der Waals surface area contributed by atoms with Crippen LogP contribution in [0.4, 0.5) is 8.78 Å². The third kappa shape index (κ3) is 2.23. The lowest BCUT2D eigenvalue weighted by Crippen LogP contribution is -2.42. The zero-order valence-corrected chi connectivity index (χ0v) is 10.7. The predicted octanol–water partition coefficient (Wildman–Crippen LogP) is 2.86. The number of carbonyl (C=O) groups is 1. The van der Waals surface area contributed by atoms with E-state index >= 15 is 0 Å². The summed E-state index contributed by atoms with van der Waals surface area (Å²) in [6.45, 7) is 0.530. The molecular formula is C16H13F2NO. The van der Waals surface area contributed by atoms with E-state index in [1.54, 1.807) is 0 Å². The van der Waals surface area contributed by atoms with Crippen molar-refractivity contribution in [2.45, 2.75) is 19.0 Å². The zero-order chi connectivity index (χ0) is 14.1. The summed E-state index contributed by atoms with van der Waals surface area (Å²) in [5, 5.41) is 3.05. The van der Waals surface area contributed by atoms with E-state index in [-0.39, 0.29) is 0 Å². The van der Waals surface area contributed by atoms with Gasteiger partial charge in [-0.25, -0.2) is 8.78 Å². The molecule has 2 aromatic rings. The summed E-state index contributed by atoms with van der Waals surface area (Å²) >= 11 is 0. The molecule has 0 saturated heterocycles. The third-order valence-electron chi connectivity index (χ3n) is 3.61. The minimum atomic E-state index is -0.810. The fourth-order valence-electron chi connectivity index (χ4n) is 2.55. The van der Waals surface area contributed by atoms with Crippen LogP contribution in [0.3, 0.4) is 0 Å². The molecule has 1 aliphatic heterocycles. The molecule has 0 spiro atoms. The summed E-state index contributed by atoms with van der Waals surface area (Å²) < 4.78 is 27.3. The first-order chi connectivity index (χ1) is 9.66.